The van der Waals surface area contributed by atoms with E-state index in [1.165, 1.54) is 11.1 Å². The predicted octanol–water partition coefficient (Wildman–Crippen LogP) is 3.26. The zero-order chi connectivity index (χ0) is 8.27. The zero-order valence-electron chi connectivity index (χ0n) is 6.95. The van der Waals surface area contributed by atoms with Crippen LogP contribution in [0.15, 0.2) is 12.1 Å². The van der Waals surface area contributed by atoms with E-state index in [9.17, 15) is 0 Å². The number of aryl methyl sites for hydroxylation is 2. The molecule has 0 spiro atoms. The largest absolute Gasteiger partial charge is 0.0837 e. The van der Waals surface area contributed by atoms with Gasteiger partial charge in [-0.15, -0.1) is 0 Å². The van der Waals surface area contributed by atoms with Crippen LogP contribution in [0.1, 0.15) is 25.0 Å². The van der Waals surface area contributed by atoms with Crippen molar-refractivity contribution in [1.29, 1.82) is 0 Å². The van der Waals surface area contributed by atoms with Crippen molar-refractivity contribution in [3.8, 4) is 0 Å². The monoisotopic (exact) mass is 167 g/mol. The van der Waals surface area contributed by atoms with Gasteiger partial charge in [-0.25, -0.2) is 0 Å². The van der Waals surface area contributed by atoms with Crippen molar-refractivity contribution in [2.45, 2.75) is 26.7 Å². The molecule has 0 aliphatic rings. The molecule has 0 saturated heterocycles. The molecular weight excluding hydrogens is 156 g/mol. The van der Waals surface area contributed by atoms with Gasteiger partial charge in [-0.3, -0.25) is 0 Å². The van der Waals surface area contributed by atoms with E-state index in [2.05, 4.69) is 26.0 Å². The van der Waals surface area contributed by atoms with Crippen molar-refractivity contribution in [2.75, 3.05) is 0 Å². The lowest BCUT2D eigenvalue weighted by Gasteiger charge is -2.03. The Morgan fingerprint density at radius 2 is 2.00 bits per heavy atom. The first kappa shape index (κ1) is 8.61. The van der Waals surface area contributed by atoms with Crippen molar-refractivity contribution in [1.82, 2.24) is 0 Å². The third kappa shape index (κ3) is 1.97. The first-order valence-corrected chi connectivity index (χ1v) is 4.35. The summed E-state index contributed by atoms with van der Waals surface area (Å²) in [7, 11) is 0. The Hall–Kier alpha value is -0.490. The van der Waals surface area contributed by atoms with Gasteiger partial charge in [0.1, 0.15) is 0 Å². The molecule has 0 aliphatic carbocycles. The molecular formula is C10H12Cl. The summed E-state index contributed by atoms with van der Waals surface area (Å²) in [5.41, 5.74) is 2.61. The normalized spacial score (nSPS) is 10.1. The van der Waals surface area contributed by atoms with E-state index in [1.807, 2.05) is 6.07 Å². The molecule has 0 atom stereocenters. The summed E-state index contributed by atoms with van der Waals surface area (Å²) in [4.78, 5) is 0. The quantitative estimate of drug-likeness (QED) is 0.635. The molecule has 0 nitrogen and oxygen atoms in total. The Bertz CT molecular complexity index is 241. The number of hydrogen-bond acceptors (Lipinski definition) is 0. The van der Waals surface area contributed by atoms with Gasteiger partial charge in [0.2, 0.25) is 0 Å². The second-order valence-corrected chi connectivity index (χ2v) is 2.92. The van der Waals surface area contributed by atoms with E-state index >= 15 is 0 Å². The van der Waals surface area contributed by atoms with Gasteiger partial charge < -0.3 is 0 Å². The Kier molecular flexibility index (Phi) is 2.95. The molecule has 0 fully saturated rings. The summed E-state index contributed by atoms with van der Waals surface area (Å²) in [5, 5.41) is 0.721. The molecule has 0 heterocycles. The SMILES string of the molecule is CCc1[c]c(Cl)ccc1CC. The van der Waals surface area contributed by atoms with Crippen LogP contribution >= 0.6 is 11.6 Å². The molecule has 11 heavy (non-hydrogen) atoms. The molecule has 0 amide bonds. The minimum Gasteiger partial charge on any atom is -0.0837 e. The Labute approximate surface area is 73.2 Å². The van der Waals surface area contributed by atoms with Gasteiger partial charge in [-0.2, -0.15) is 0 Å². The predicted molar refractivity (Wildman–Crippen MR) is 49.0 cm³/mol. The van der Waals surface area contributed by atoms with Crippen LogP contribution < -0.4 is 0 Å². The Morgan fingerprint density at radius 3 is 2.55 bits per heavy atom. The molecule has 0 aromatic heterocycles. The van der Waals surface area contributed by atoms with Gasteiger partial charge in [0.25, 0.3) is 0 Å². The summed E-state index contributed by atoms with van der Waals surface area (Å²) >= 11 is 5.80. The van der Waals surface area contributed by atoms with Crippen LogP contribution in [0.25, 0.3) is 0 Å². The number of benzene rings is 1. The van der Waals surface area contributed by atoms with Crippen LogP contribution in [-0.2, 0) is 12.8 Å². The minimum atomic E-state index is 0.721. The molecule has 1 rings (SSSR count). The summed E-state index contributed by atoms with van der Waals surface area (Å²) in [6.07, 6.45) is 2.08. The fraction of sp³-hybridized carbons (Fsp3) is 0.400. The lowest BCUT2D eigenvalue weighted by molar-refractivity contribution is 1.03. The highest BCUT2D eigenvalue weighted by Crippen LogP contribution is 2.15. The first-order valence-electron chi connectivity index (χ1n) is 3.97. The Morgan fingerprint density at radius 1 is 1.27 bits per heavy atom. The molecule has 59 valence electrons. The standard InChI is InChI=1S/C10H12Cl/c1-3-8-5-6-10(11)7-9(8)4-2/h5-6H,3-4H2,1-2H3. The fourth-order valence-corrected chi connectivity index (χ4v) is 1.36. The van der Waals surface area contributed by atoms with Crippen LogP contribution in [-0.4, -0.2) is 0 Å². The smallest absolute Gasteiger partial charge is 0.0488 e. The van der Waals surface area contributed by atoms with Crippen LogP contribution in [0.5, 0.6) is 0 Å². The van der Waals surface area contributed by atoms with E-state index in [4.69, 9.17) is 11.6 Å². The molecule has 1 heteroatoms. The van der Waals surface area contributed by atoms with E-state index in [0.717, 1.165) is 17.9 Å². The van der Waals surface area contributed by atoms with Gasteiger partial charge in [-0.05, 0) is 30.0 Å². The van der Waals surface area contributed by atoms with Crippen LogP contribution in [0, 0.1) is 6.07 Å². The summed E-state index contributed by atoms with van der Waals surface area (Å²) < 4.78 is 0. The minimum absolute atomic E-state index is 0.721. The highest BCUT2D eigenvalue weighted by atomic mass is 35.5. The maximum absolute atomic E-state index is 5.80. The molecule has 1 aromatic rings. The summed E-state index contributed by atoms with van der Waals surface area (Å²) in [6, 6.07) is 7.13. The van der Waals surface area contributed by atoms with Crippen molar-refractivity contribution >= 4 is 11.6 Å². The van der Waals surface area contributed by atoms with Gasteiger partial charge in [0.05, 0.1) is 0 Å². The van der Waals surface area contributed by atoms with E-state index in [1.54, 1.807) is 0 Å². The third-order valence-corrected chi connectivity index (χ3v) is 2.04. The van der Waals surface area contributed by atoms with E-state index < -0.39 is 0 Å². The maximum Gasteiger partial charge on any atom is 0.0488 e. The Balaban J connectivity index is 3.06. The maximum atomic E-state index is 5.80. The van der Waals surface area contributed by atoms with E-state index in [-0.39, 0.29) is 0 Å². The highest BCUT2D eigenvalue weighted by molar-refractivity contribution is 6.30. The van der Waals surface area contributed by atoms with Gasteiger partial charge in [0.15, 0.2) is 0 Å². The number of hydrogen-bond donors (Lipinski definition) is 0. The lowest BCUT2D eigenvalue weighted by Crippen LogP contribution is -1.90. The van der Waals surface area contributed by atoms with Gasteiger partial charge >= 0.3 is 0 Å². The highest BCUT2D eigenvalue weighted by Gasteiger charge is 1.98. The van der Waals surface area contributed by atoms with Crippen molar-refractivity contribution in [2.24, 2.45) is 0 Å². The van der Waals surface area contributed by atoms with Crippen LogP contribution in [0.2, 0.25) is 5.02 Å². The second-order valence-electron chi connectivity index (χ2n) is 2.52. The molecule has 0 unspecified atom stereocenters. The zero-order valence-corrected chi connectivity index (χ0v) is 7.70. The summed E-state index contributed by atoms with van der Waals surface area (Å²) in [6.45, 7) is 4.28. The second kappa shape index (κ2) is 3.77. The molecule has 0 N–H and O–H groups in total. The molecule has 1 radical (unpaired) electrons. The number of rotatable bonds is 2. The van der Waals surface area contributed by atoms with Crippen molar-refractivity contribution in [3.63, 3.8) is 0 Å². The van der Waals surface area contributed by atoms with E-state index in [0.29, 0.717) is 0 Å². The van der Waals surface area contributed by atoms with Crippen LogP contribution in [0.3, 0.4) is 0 Å². The van der Waals surface area contributed by atoms with Crippen LogP contribution in [0.4, 0.5) is 0 Å². The van der Waals surface area contributed by atoms with Crippen molar-refractivity contribution in [3.05, 3.63) is 34.3 Å². The average Bonchev–Trinajstić information content (AvgIpc) is 2.04. The lowest BCUT2D eigenvalue weighted by atomic mass is 10.0. The third-order valence-electron chi connectivity index (χ3n) is 1.82. The fourth-order valence-electron chi connectivity index (χ4n) is 1.19. The molecule has 0 aliphatic heterocycles. The summed E-state index contributed by atoms with van der Waals surface area (Å²) in [5.74, 6) is 0. The molecule has 0 saturated carbocycles. The van der Waals surface area contributed by atoms with Gasteiger partial charge in [0, 0.05) is 11.1 Å². The first-order chi connectivity index (χ1) is 5.27. The average molecular weight is 168 g/mol. The molecule has 0 bridgehead atoms. The van der Waals surface area contributed by atoms with Crippen molar-refractivity contribution < 1.29 is 0 Å². The van der Waals surface area contributed by atoms with Gasteiger partial charge in [-0.1, -0.05) is 31.5 Å². The number of halogens is 1. The molecule has 1 aromatic carbocycles. The topological polar surface area (TPSA) is 0 Å².